The van der Waals surface area contributed by atoms with E-state index in [-0.39, 0.29) is 18.4 Å². The molecule has 0 bridgehead atoms. The van der Waals surface area contributed by atoms with Gasteiger partial charge >= 0.3 is 5.97 Å². The van der Waals surface area contributed by atoms with Crippen LogP contribution in [0.25, 0.3) is 21.7 Å². The minimum atomic E-state index is -0.449. The molecule has 4 aromatic rings. The number of carbonyl (C=O) groups excluding carboxylic acids is 1. The number of quaternary nitrogens is 1. The molecule has 1 atom stereocenters. The molecule has 0 amide bonds. The first-order valence-electron chi connectivity index (χ1n) is 11.3. The maximum absolute atomic E-state index is 13.1. The molecule has 0 radical (unpaired) electrons. The third kappa shape index (κ3) is 3.63. The number of phenolic OH excluding ortho intramolecular Hbond substituents is 1. The smallest absolute Gasteiger partial charge is 0.342 e. The maximum Gasteiger partial charge on any atom is 0.342 e. The van der Waals surface area contributed by atoms with Gasteiger partial charge in [-0.15, -0.1) is 0 Å². The Balaban J connectivity index is 1.89. The standard InChI is InChI=1S/C26H26N2O5/c1-3-32-26(30)20-16(2)33-25-19-7-5-4-6-18(19)24(29)22(21(20)25)23(17-8-10-27-11-9-17)28-12-14-31-15-13-28/h4-11,23,29H,3,12-15H2,1-2H3/p+1/t23-/m1/s1. The van der Waals surface area contributed by atoms with Gasteiger partial charge in [0.2, 0.25) is 0 Å². The van der Waals surface area contributed by atoms with Crippen LogP contribution >= 0.6 is 0 Å². The fraction of sp³-hybridized carbons (Fsp3) is 0.308. The number of aromatic nitrogens is 1. The van der Waals surface area contributed by atoms with E-state index >= 15 is 0 Å². The van der Waals surface area contributed by atoms with Gasteiger partial charge in [0.05, 0.1) is 25.4 Å². The van der Waals surface area contributed by atoms with Crippen LogP contribution in [0.2, 0.25) is 0 Å². The molecule has 0 saturated carbocycles. The fourth-order valence-electron chi connectivity index (χ4n) is 4.96. The molecule has 0 unspecified atom stereocenters. The second-order valence-corrected chi connectivity index (χ2v) is 8.25. The number of rotatable bonds is 5. The number of aryl methyl sites for hydroxylation is 1. The van der Waals surface area contributed by atoms with Gasteiger partial charge in [0.15, 0.2) is 0 Å². The summed E-state index contributed by atoms with van der Waals surface area (Å²) < 4.78 is 17.2. The molecule has 1 fully saturated rings. The van der Waals surface area contributed by atoms with E-state index < -0.39 is 5.97 Å². The summed E-state index contributed by atoms with van der Waals surface area (Å²) in [5, 5.41) is 13.8. The first-order chi connectivity index (χ1) is 16.1. The van der Waals surface area contributed by atoms with Crippen LogP contribution in [0.3, 0.4) is 0 Å². The van der Waals surface area contributed by atoms with Crippen LogP contribution in [-0.2, 0) is 9.47 Å². The van der Waals surface area contributed by atoms with E-state index in [1.54, 1.807) is 26.2 Å². The van der Waals surface area contributed by atoms with E-state index in [1.807, 2.05) is 36.4 Å². The highest BCUT2D eigenvalue weighted by molar-refractivity contribution is 6.16. The molecule has 2 aromatic heterocycles. The second-order valence-electron chi connectivity index (χ2n) is 8.25. The maximum atomic E-state index is 13.1. The summed E-state index contributed by atoms with van der Waals surface area (Å²) in [6.45, 7) is 6.60. The summed E-state index contributed by atoms with van der Waals surface area (Å²) in [5.74, 6) is 0.186. The highest BCUT2D eigenvalue weighted by Crippen LogP contribution is 2.44. The van der Waals surface area contributed by atoms with Crippen molar-refractivity contribution in [3.8, 4) is 5.75 Å². The van der Waals surface area contributed by atoms with Crippen LogP contribution in [0.15, 0.2) is 53.2 Å². The van der Waals surface area contributed by atoms with Crippen molar-refractivity contribution in [1.82, 2.24) is 4.98 Å². The first-order valence-corrected chi connectivity index (χ1v) is 11.3. The lowest BCUT2D eigenvalue weighted by Crippen LogP contribution is -3.14. The number of fused-ring (bicyclic) bond motifs is 3. The molecule has 1 saturated heterocycles. The highest BCUT2D eigenvalue weighted by Gasteiger charge is 2.36. The zero-order valence-corrected chi connectivity index (χ0v) is 18.8. The van der Waals surface area contributed by atoms with Crippen molar-refractivity contribution in [2.24, 2.45) is 0 Å². The third-order valence-electron chi connectivity index (χ3n) is 6.39. The Morgan fingerprint density at radius 3 is 2.55 bits per heavy atom. The van der Waals surface area contributed by atoms with Gasteiger partial charge in [0.1, 0.15) is 41.8 Å². The average molecular weight is 448 g/mol. The van der Waals surface area contributed by atoms with Gasteiger partial charge in [0, 0.05) is 34.1 Å². The summed E-state index contributed by atoms with van der Waals surface area (Å²) in [7, 11) is 0. The number of morpholine rings is 1. The molecule has 7 nitrogen and oxygen atoms in total. The molecule has 0 aliphatic carbocycles. The van der Waals surface area contributed by atoms with Crippen molar-refractivity contribution < 1.29 is 28.7 Å². The summed E-state index contributed by atoms with van der Waals surface area (Å²) in [4.78, 5) is 18.5. The molecule has 33 heavy (non-hydrogen) atoms. The Kier molecular flexibility index (Phi) is 5.74. The van der Waals surface area contributed by atoms with Crippen molar-refractivity contribution in [3.05, 3.63) is 71.2 Å². The van der Waals surface area contributed by atoms with Gasteiger partial charge in [-0.2, -0.15) is 0 Å². The van der Waals surface area contributed by atoms with Crippen LogP contribution in [0.1, 0.15) is 40.2 Å². The number of aromatic hydroxyl groups is 1. The van der Waals surface area contributed by atoms with E-state index in [2.05, 4.69) is 4.98 Å². The van der Waals surface area contributed by atoms with Gasteiger partial charge in [-0.1, -0.05) is 24.3 Å². The number of ether oxygens (including phenoxy) is 2. The number of furan rings is 1. The van der Waals surface area contributed by atoms with Crippen molar-refractivity contribution >= 4 is 27.7 Å². The SMILES string of the molecule is CCOC(=O)c1c(C)oc2c1c([C@@H](c1ccncc1)[NH+]1CCOCC1)c(O)c1ccccc12. The summed E-state index contributed by atoms with van der Waals surface area (Å²) >= 11 is 0. The summed E-state index contributed by atoms with van der Waals surface area (Å²) in [5.41, 5.74) is 2.63. The Morgan fingerprint density at radius 2 is 1.85 bits per heavy atom. The number of carbonyl (C=O) groups is 1. The number of esters is 1. The van der Waals surface area contributed by atoms with Crippen LogP contribution in [0.5, 0.6) is 5.75 Å². The number of hydrogen-bond acceptors (Lipinski definition) is 6. The number of phenols is 1. The fourth-order valence-corrected chi connectivity index (χ4v) is 4.96. The van der Waals surface area contributed by atoms with Crippen molar-refractivity contribution in [3.63, 3.8) is 0 Å². The lowest BCUT2D eigenvalue weighted by molar-refractivity contribution is -0.933. The van der Waals surface area contributed by atoms with Crippen LogP contribution in [-0.4, -0.2) is 49.0 Å². The van der Waals surface area contributed by atoms with Crippen molar-refractivity contribution in [1.29, 1.82) is 0 Å². The molecule has 3 heterocycles. The highest BCUT2D eigenvalue weighted by atomic mass is 16.5. The second kappa shape index (κ2) is 8.84. The molecule has 0 spiro atoms. The zero-order chi connectivity index (χ0) is 22.9. The number of benzene rings is 2. The van der Waals surface area contributed by atoms with Crippen LogP contribution < -0.4 is 4.90 Å². The molecular weight excluding hydrogens is 420 g/mol. The van der Waals surface area contributed by atoms with E-state index in [4.69, 9.17) is 13.9 Å². The normalized spacial score (nSPS) is 15.7. The van der Waals surface area contributed by atoms with Crippen LogP contribution in [0.4, 0.5) is 0 Å². The molecule has 2 N–H and O–H groups in total. The third-order valence-corrected chi connectivity index (χ3v) is 6.39. The average Bonchev–Trinajstić information content (AvgIpc) is 3.20. The molecule has 5 rings (SSSR count). The Bertz CT molecular complexity index is 1310. The number of hydrogen-bond donors (Lipinski definition) is 2. The Hall–Kier alpha value is -3.42. The summed E-state index contributed by atoms with van der Waals surface area (Å²) in [6, 6.07) is 11.3. The van der Waals surface area contributed by atoms with Gasteiger partial charge in [-0.05, 0) is 26.0 Å². The van der Waals surface area contributed by atoms with Gasteiger partial charge in [-0.25, -0.2) is 4.79 Å². The predicted octanol–water partition coefficient (Wildman–Crippen LogP) is 3.18. The van der Waals surface area contributed by atoms with E-state index in [1.165, 1.54) is 4.90 Å². The van der Waals surface area contributed by atoms with Gasteiger partial charge < -0.3 is 23.9 Å². The monoisotopic (exact) mass is 447 g/mol. The zero-order valence-electron chi connectivity index (χ0n) is 18.8. The molecule has 7 heteroatoms. The van der Waals surface area contributed by atoms with E-state index in [9.17, 15) is 9.90 Å². The topological polar surface area (TPSA) is 86.2 Å². The molecule has 2 aromatic carbocycles. The minimum Gasteiger partial charge on any atom is -0.507 e. The van der Waals surface area contributed by atoms with Crippen molar-refractivity contribution in [2.45, 2.75) is 19.9 Å². The number of nitrogens with zero attached hydrogens (tertiary/aromatic N) is 1. The summed E-state index contributed by atoms with van der Waals surface area (Å²) in [6.07, 6.45) is 3.51. The van der Waals surface area contributed by atoms with Gasteiger partial charge in [0.25, 0.3) is 0 Å². The molecule has 1 aliphatic heterocycles. The Labute approximate surface area is 191 Å². The lowest BCUT2D eigenvalue weighted by Gasteiger charge is -2.33. The number of pyridine rings is 1. The lowest BCUT2D eigenvalue weighted by atomic mass is 9.89. The number of nitrogens with one attached hydrogen (secondary N) is 1. The van der Waals surface area contributed by atoms with E-state index in [0.29, 0.717) is 46.5 Å². The molecule has 1 aliphatic rings. The van der Waals surface area contributed by atoms with E-state index in [0.717, 1.165) is 24.0 Å². The van der Waals surface area contributed by atoms with Gasteiger partial charge in [-0.3, -0.25) is 4.98 Å². The first kappa shape index (κ1) is 21.4. The minimum absolute atomic E-state index is 0.158. The molecular formula is C26H27N2O5+. The largest absolute Gasteiger partial charge is 0.507 e. The molecule has 170 valence electrons. The van der Waals surface area contributed by atoms with Crippen molar-refractivity contribution in [2.75, 3.05) is 32.9 Å². The Morgan fingerprint density at radius 1 is 1.15 bits per heavy atom. The van der Waals surface area contributed by atoms with Crippen LogP contribution in [0, 0.1) is 6.92 Å². The quantitative estimate of drug-likeness (QED) is 0.457. The predicted molar refractivity (Wildman–Crippen MR) is 124 cm³/mol.